The molecule has 2 aromatic carbocycles. The summed E-state index contributed by atoms with van der Waals surface area (Å²) in [5.74, 6) is -1.38. The number of amides is 2. The quantitative estimate of drug-likeness (QED) is 0.259. The lowest BCUT2D eigenvalue weighted by Gasteiger charge is -2.22. The molecule has 0 unspecified atom stereocenters. The van der Waals surface area contributed by atoms with Crippen LogP contribution in [0.4, 0.5) is 4.39 Å². The van der Waals surface area contributed by atoms with E-state index in [0.29, 0.717) is 16.6 Å². The number of carbonyl (C=O) groups excluding carboxylic acids is 3. The number of nitrogens with zero attached hydrogens (tertiary/aromatic N) is 5. The summed E-state index contributed by atoms with van der Waals surface area (Å²) in [6.45, 7) is 3.17. The van der Waals surface area contributed by atoms with E-state index in [2.05, 4.69) is 15.7 Å². The van der Waals surface area contributed by atoms with Crippen molar-refractivity contribution in [3.05, 3.63) is 48.0 Å². The van der Waals surface area contributed by atoms with Crippen LogP contribution in [-0.2, 0) is 32.7 Å². The lowest BCUT2D eigenvalue weighted by Crippen LogP contribution is -2.44. The topological polar surface area (TPSA) is 123 Å². The van der Waals surface area contributed by atoms with Crippen LogP contribution in [0.25, 0.3) is 32.9 Å². The van der Waals surface area contributed by atoms with Crippen LogP contribution in [-0.4, -0.2) is 81.1 Å². The Morgan fingerprint density at radius 1 is 1.11 bits per heavy atom. The third-order valence-corrected chi connectivity index (χ3v) is 8.17. The molecule has 44 heavy (non-hydrogen) atoms. The summed E-state index contributed by atoms with van der Waals surface area (Å²) in [6.07, 6.45) is 5.18. The highest BCUT2D eigenvalue weighted by atomic mass is 35.5. The van der Waals surface area contributed by atoms with Gasteiger partial charge in [-0.2, -0.15) is 10.2 Å². The van der Waals surface area contributed by atoms with Gasteiger partial charge in [-0.25, -0.2) is 4.39 Å². The zero-order valence-corrected chi connectivity index (χ0v) is 25.7. The van der Waals surface area contributed by atoms with E-state index in [-0.39, 0.29) is 62.3 Å². The average molecular weight is 626 g/mol. The summed E-state index contributed by atoms with van der Waals surface area (Å²) in [6, 6.07) is 8.93. The molecule has 0 radical (unpaired) electrons. The second kappa shape index (κ2) is 13.3. The molecule has 0 spiro atoms. The molecule has 1 aliphatic heterocycles. The predicted molar refractivity (Wildman–Crippen MR) is 166 cm³/mol. The van der Waals surface area contributed by atoms with Crippen molar-refractivity contribution >= 4 is 52.0 Å². The fourth-order valence-corrected chi connectivity index (χ4v) is 5.98. The number of aromatic nitrogens is 4. The van der Waals surface area contributed by atoms with Crippen molar-refractivity contribution in [3.63, 3.8) is 0 Å². The lowest BCUT2D eigenvalue weighted by molar-refractivity contribution is -0.143. The van der Waals surface area contributed by atoms with Crippen LogP contribution in [0.15, 0.2) is 36.5 Å². The number of carbonyl (C=O) groups is 3. The largest absolute Gasteiger partial charge is 0.465 e. The Morgan fingerprint density at radius 3 is 2.61 bits per heavy atom. The first-order valence-electron chi connectivity index (χ1n) is 14.9. The molecule has 1 saturated heterocycles. The summed E-state index contributed by atoms with van der Waals surface area (Å²) in [5, 5.41) is 17.0. The number of halogens is 2. The molecule has 0 bridgehead atoms. The van der Waals surface area contributed by atoms with E-state index in [9.17, 15) is 14.4 Å². The lowest BCUT2D eigenvalue weighted by atomic mass is 9.89. The van der Waals surface area contributed by atoms with E-state index in [0.717, 1.165) is 60.8 Å². The molecule has 13 heteroatoms. The van der Waals surface area contributed by atoms with Gasteiger partial charge in [0, 0.05) is 41.5 Å². The smallest absolute Gasteiger partial charge is 0.325 e. The van der Waals surface area contributed by atoms with E-state index in [4.69, 9.17) is 9.84 Å². The molecule has 1 aliphatic carbocycles. The third-order valence-electron chi connectivity index (χ3n) is 8.17. The molecule has 234 valence electrons. The zero-order valence-electron chi connectivity index (χ0n) is 24.8. The first-order valence-corrected chi connectivity index (χ1v) is 14.9. The number of esters is 1. The number of aryl methyl sites for hydroxylation is 1. The van der Waals surface area contributed by atoms with Crippen molar-refractivity contribution in [3.8, 4) is 11.1 Å². The van der Waals surface area contributed by atoms with Gasteiger partial charge in [-0.1, -0.05) is 12.1 Å². The summed E-state index contributed by atoms with van der Waals surface area (Å²) < 4.78 is 23.8. The Morgan fingerprint density at radius 2 is 1.89 bits per heavy atom. The standard InChI is InChI=1S/C31H36FN7O4.ClH/c1-3-43-29(42)15-34-27(40)17-38(21-7-8-21)28(41)18-39-26-6-4-5-22(30(26)31(36-39)19-9-11-33-12-10-19)23-14-25-20(13-24(23)32)16-37(2)35-25;/h4-6,13-14,16,19,21,33H,3,7-12,15,17-18H2,1-2H3,(H,34,40);1H. The Hall–Kier alpha value is -4.03. The number of rotatable bonds is 10. The Labute approximate surface area is 260 Å². The highest BCUT2D eigenvalue weighted by molar-refractivity contribution is 6.00. The minimum Gasteiger partial charge on any atom is -0.465 e. The maximum absolute atomic E-state index is 15.6. The van der Waals surface area contributed by atoms with Gasteiger partial charge < -0.3 is 20.3 Å². The first-order chi connectivity index (χ1) is 20.8. The second-order valence-corrected chi connectivity index (χ2v) is 11.3. The van der Waals surface area contributed by atoms with Gasteiger partial charge in [-0.3, -0.25) is 23.7 Å². The summed E-state index contributed by atoms with van der Waals surface area (Å²) in [7, 11) is 1.81. The fraction of sp³-hybridized carbons (Fsp3) is 0.452. The molecular formula is C31H37ClFN7O4. The van der Waals surface area contributed by atoms with Crippen LogP contribution in [0.2, 0.25) is 0 Å². The number of benzene rings is 2. The van der Waals surface area contributed by atoms with Crippen molar-refractivity contribution in [2.24, 2.45) is 7.05 Å². The highest BCUT2D eigenvalue weighted by Gasteiger charge is 2.35. The van der Waals surface area contributed by atoms with Gasteiger partial charge in [-0.05, 0) is 69.5 Å². The number of hydrogen-bond donors (Lipinski definition) is 2. The molecule has 6 rings (SSSR count). The second-order valence-electron chi connectivity index (χ2n) is 11.3. The van der Waals surface area contributed by atoms with Crippen LogP contribution in [0.1, 0.15) is 44.2 Å². The molecule has 2 fully saturated rings. The van der Waals surface area contributed by atoms with Crippen LogP contribution in [0, 0.1) is 5.82 Å². The van der Waals surface area contributed by atoms with Gasteiger partial charge in [0.1, 0.15) is 18.9 Å². The van der Waals surface area contributed by atoms with E-state index in [1.165, 1.54) is 6.07 Å². The van der Waals surface area contributed by atoms with Gasteiger partial charge in [0.25, 0.3) is 0 Å². The van der Waals surface area contributed by atoms with Gasteiger partial charge >= 0.3 is 5.97 Å². The molecule has 2 aliphatic rings. The van der Waals surface area contributed by atoms with E-state index in [1.807, 2.05) is 25.2 Å². The van der Waals surface area contributed by atoms with Crippen molar-refractivity contribution in [2.75, 3.05) is 32.8 Å². The Kier molecular flexibility index (Phi) is 9.50. The average Bonchev–Trinajstić information content (AvgIpc) is 3.68. The monoisotopic (exact) mass is 625 g/mol. The van der Waals surface area contributed by atoms with E-state index >= 15 is 4.39 Å². The van der Waals surface area contributed by atoms with Crippen LogP contribution < -0.4 is 10.6 Å². The molecule has 1 saturated carbocycles. The molecule has 2 amide bonds. The number of ether oxygens (including phenoxy) is 1. The van der Waals surface area contributed by atoms with Crippen molar-refractivity contribution < 1.29 is 23.5 Å². The molecular weight excluding hydrogens is 589 g/mol. The van der Waals surface area contributed by atoms with Gasteiger partial charge in [0.05, 0.1) is 29.9 Å². The minimum atomic E-state index is -0.525. The number of piperidine rings is 1. The van der Waals surface area contributed by atoms with Gasteiger partial charge in [-0.15, -0.1) is 12.4 Å². The van der Waals surface area contributed by atoms with E-state index in [1.54, 1.807) is 33.5 Å². The van der Waals surface area contributed by atoms with Gasteiger partial charge in [0.15, 0.2) is 0 Å². The van der Waals surface area contributed by atoms with Crippen molar-refractivity contribution in [1.82, 2.24) is 35.1 Å². The molecule has 4 aromatic rings. The number of hydrogen-bond acceptors (Lipinski definition) is 7. The summed E-state index contributed by atoms with van der Waals surface area (Å²) >= 11 is 0. The summed E-state index contributed by atoms with van der Waals surface area (Å²) in [5.41, 5.74) is 3.44. The number of fused-ring (bicyclic) bond motifs is 2. The maximum Gasteiger partial charge on any atom is 0.325 e. The Balaban J connectivity index is 0.00000384. The third kappa shape index (κ3) is 6.56. The molecule has 2 aromatic heterocycles. The highest BCUT2D eigenvalue weighted by Crippen LogP contribution is 2.39. The van der Waals surface area contributed by atoms with Crippen molar-refractivity contribution in [1.29, 1.82) is 0 Å². The molecule has 2 N–H and O–H groups in total. The SMILES string of the molecule is CCOC(=O)CNC(=O)CN(C(=O)Cn1nc(C2CCNCC2)c2c(-c3cc4nn(C)cc4cc3F)cccc21)C1CC1.Cl. The van der Waals surface area contributed by atoms with Crippen LogP contribution >= 0.6 is 12.4 Å². The maximum atomic E-state index is 15.6. The summed E-state index contributed by atoms with van der Waals surface area (Å²) in [4.78, 5) is 39.5. The van der Waals surface area contributed by atoms with Crippen LogP contribution in [0.5, 0.6) is 0 Å². The van der Waals surface area contributed by atoms with Gasteiger partial charge in [0.2, 0.25) is 11.8 Å². The van der Waals surface area contributed by atoms with Crippen LogP contribution in [0.3, 0.4) is 0 Å². The normalized spacial score (nSPS) is 15.2. The fourth-order valence-electron chi connectivity index (χ4n) is 5.98. The van der Waals surface area contributed by atoms with Crippen molar-refractivity contribution in [2.45, 2.75) is 51.1 Å². The molecule has 0 atom stereocenters. The Bertz CT molecular complexity index is 1690. The first kappa shape index (κ1) is 31.4. The minimum absolute atomic E-state index is 0. The predicted octanol–water partition coefficient (Wildman–Crippen LogP) is 3.29. The number of nitrogens with one attached hydrogen (secondary N) is 2. The molecule has 3 heterocycles. The molecule has 11 nitrogen and oxygen atoms in total. The van der Waals surface area contributed by atoms with E-state index < -0.39 is 11.9 Å². The zero-order chi connectivity index (χ0) is 30.1.